The zero-order valence-corrected chi connectivity index (χ0v) is 24.7. The number of hydrogen-bond acceptors (Lipinski definition) is 7. The van der Waals surface area contributed by atoms with Gasteiger partial charge in [-0.2, -0.15) is 23.1 Å². The third-order valence-electron chi connectivity index (χ3n) is 6.27. The van der Waals surface area contributed by atoms with E-state index in [1.807, 2.05) is 66.9 Å². The van der Waals surface area contributed by atoms with Crippen molar-refractivity contribution < 1.29 is 32.6 Å². The smallest absolute Gasteiger partial charge is 0.475 e. The number of nitrogens with zero attached hydrogens (tertiary/aromatic N) is 5. The lowest BCUT2D eigenvalue weighted by atomic mass is 10.1. The summed E-state index contributed by atoms with van der Waals surface area (Å²) < 4.78 is 37.0. The summed E-state index contributed by atoms with van der Waals surface area (Å²) in [6.07, 6.45) is -2.05. The van der Waals surface area contributed by atoms with Crippen molar-refractivity contribution in [1.29, 1.82) is 0 Å². The van der Waals surface area contributed by atoms with Crippen LogP contribution in [0.15, 0.2) is 72.9 Å². The predicted octanol–water partition coefficient (Wildman–Crippen LogP) is 5.06. The van der Waals surface area contributed by atoms with Gasteiger partial charge in [0, 0.05) is 38.5 Å². The molecule has 0 aliphatic rings. The average Bonchev–Trinajstić information content (AvgIpc) is 3.41. The summed E-state index contributed by atoms with van der Waals surface area (Å²) in [6.45, 7) is 7.10. The van der Waals surface area contributed by atoms with Gasteiger partial charge in [-0.1, -0.05) is 55.5 Å². The maximum Gasteiger partial charge on any atom is 0.490 e. The highest BCUT2D eigenvalue weighted by Crippen LogP contribution is 2.20. The van der Waals surface area contributed by atoms with E-state index in [1.54, 1.807) is 18.9 Å². The number of benzene rings is 2. The first-order valence-corrected chi connectivity index (χ1v) is 13.9. The van der Waals surface area contributed by atoms with Gasteiger partial charge >= 0.3 is 12.1 Å². The minimum absolute atomic E-state index is 0.172. The van der Waals surface area contributed by atoms with Crippen molar-refractivity contribution in [3.63, 3.8) is 0 Å². The molecule has 0 saturated carbocycles. The second-order valence-corrected chi connectivity index (χ2v) is 9.71. The Morgan fingerprint density at radius 2 is 1.66 bits per heavy atom. The summed E-state index contributed by atoms with van der Waals surface area (Å²) in [5, 5.41) is 19.5. The molecule has 2 aromatic heterocycles. The Labute approximate surface area is 253 Å². The van der Waals surface area contributed by atoms with E-state index in [4.69, 9.17) is 14.6 Å². The number of alkyl halides is 3. The summed E-state index contributed by atoms with van der Waals surface area (Å²) in [5.41, 5.74) is 5.88. The maximum absolute atomic E-state index is 13.5. The van der Waals surface area contributed by atoms with Gasteiger partial charge in [-0.3, -0.25) is 9.78 Å². The number of carbonyl (C=O) groups is 2. The summed E-state index contributed by atoms with van der Waals surface area (Å²) in [6, 6.07) is 21.9. The first-order chi connectivity index (χ1) is 21.0. The molecule has 13 heteroatoms. The van der Waals surface area contributed by atoms with E-state index in [2.05, 4.69) is 33.5 Å². The highest BCUT2D eigenvalue weighted by molar-refractivity contribution is 5.93. The molecule has 44 heavy (non-hydrogen) atoms. The van der Waals surface area contributed by atoms with Crippen LogP contribution < -0.4 is 5.32 Å². The quantitative estimate of drug-likeness (QED) is 0.213. The summed E-state index contributed by atoms with van der Waals surface area (Å²) in [5.74, 6) is -2.93. The largest absolute Gasteiger partial charge is 0.490 e. The molecule has 0 radical (unpaired) electrons. The van der Waals surface area contributed by atoms with Crippen LogP contribution in [-0.2, 0) is 22.6 Å². The van der Waals surface area contributed by atoms with Crippen LogP contribution in [0.3, 0.4) is 0 Å². The highest BCUT2D eigenvalue weighted by atomic mass is 19.4. The van der Waals surface area contributed by atoms with Crippen LogP contribution in [0.25, 0.3) is 16.9 Å². The molecule has 0 aliphatic heterocycles. The van der Waals surface area contributed by atoms with Crippen LogP contribution in [0.1, 0.15) is 40.7 Å². The van der Waals surface area contributed by atoms with Crippen LogP contribution in [0.2, 0.25) is 0 Å². The van der Waals surface area contributed by atoms with Crippen molar-refractivity contribution in [2.75, 3.05) is 26.8 Å². The summed E-state index contributed by atoms with van der Waals surface area (Å²) >= 11 is 0. The molecule has 4 rings (SSSR count). The molecule has 2 N–H and O–H groups in total. The zero-order chi connectivity index (χ0) is 32.1. The molecule has 2 heterocycles. The number of nitrogens with one attached hydrogen (secondary N) is 1. The lowest BCUT2D eigenvalue weighted by molar-refractivity contribution is -0.192. The highest BCUT2D eigenvalue weighted by Gasteiger charge is 2.38. The van der Waals surface area contributed by atoms with Crippen LogP contribution in [0, 0.1) is 6.92 Å². The van der Waals surface area contributed by atoms with Gasteiger partial charge in [0.25, 0.3) is 5.91 Å². The number of pyridine rings is 1. The second-order valence-electron chi connectivity index (χ2n) is 9.71. The number of rotatable bonds is 12. The van der Waals surface area contributed by atoms with Crippen LogP contribution in [0.5, 0.6) is 0 Å². The van der Waals surface area contributed by atoms with E-state index in [-0.39, 0.29) is 5.91 Å². The molecule has 0 bridgehead atoms. The Hall–Kier alpha value is -4.62. The van der Waals surface area contributed by atoms with Gasteiger partial charge in [-0.15, -0.1) is 5.10 Å². The molecule has 4 aromatic rings. The van der Waals surface area contributed by atoms with E-state index in [9.17, 15) is 18.0 Å². The molecular weight excluding hydrogens is 577 g/mol. The normalized spacial score (nSPS) is 11.0. The molecule has 1 amide bonds. The number of methoxy groups -OCH3 is 1. The third kappa shape index (κ3) is 9.99. The van der Waals surface area contributed by atoms with Crippen molar-refractivity contribution in [3.8, 4) is 16.9 Å². The number of carboxylic acids is 1. The van der Waals surface area contributed by atoms with Gasteiger partial charge in [0.1, 0.15) is 0 Å². The number of aromatic nitrogens is 4. The number of hydrogen-bond donors (Lipinski definition) is 2. The molecule has 0 unspecified atom stereocenters. The Balaban J connectivity index is 0.000000676. The van der Waals surface area contributed by atoms with Gasteiger partial charge in [0.2, 0.25) is 0 Å². The first-order valence-electron chi connectivity index (χ1n) is 13.9. The topological polar surface area (TPSA) is 122 Å². The average molecular weight is 613 g/mol. The molecule has 10 nitrogen and oxygen atoms in total. The lowest BCUT2D eigenvalue weighted by Crippen LogP contribution is -2.34. The number of aryl methyl sites for hydroxylation is 1. The van der Waals surface area contributed by atoms with Crippen LogP contribution in [-0.4, -0.2) is 74.8 Å². The van der Waals surface area contributed by atoms with Crippen molar-refractivity contribution in [2.45, 2.75) is 39.5 Å². The minimum atomic E-state index is -5.08. The minimum Gasteiger partial charge on any atom is -0.475 e. The number of carboxylic acid groups (broad SMARTS) is 1. The Bertz CT molecular complexity index is 1480. The summed E-state index contributed by atoms with van der Waals surface area (Å²) in [7, 11) is 1.63. The number of para-hydroxylation sites is 1. The maximum atomic E-state index is 13.5. The number of aliphatic carboxylic acids is 1. The fourth-order valence-corrected chi connectivity index (χ4v) is 3.97. The Kier molecular flexibility index (Phi) is 12.5. The number of amides is 1. The van der Waals surface area contributed by atoms with Crippen LogP contribution >= 0.6 is 0 Å². The molecule has 0 aliphatic carbocycles. The molecule has 0 fully saturated rings. The number of halogens is 3. The Morgan fingerprint density at radius 3 is 2.23 bits per heavy atom. The predicted molar refractivity (Wildman–Crippen MR) is 158 cm³/mol. The molecule has 0 saturated heterocycles. The van der Waals surface area contributed by atoms with Gasteiger partial charge in [-0.25, -0.2) is 4.79 Å². The SMILES string of the molecule is CCCNCc1ccc(-c2ccc(CN(CCOC)C(=O)c3nn(-c4ccccc4)nc3C)cc2)nc1.O=C(O)C(F)(F)F. The van der Waals surface area contributed by atoms with Gasteiger partial charge in [-0.05, 0) is 49.2 Å². The van der Waals surface area contributed by atoms with E-state index in [1.165, 1.54) is 10.4 Å². The van der Waals surface area contributed by atoms with Crippen LogP contribution in [0.4, 0.5) is 13.2 Å². The third-order valence-corrected chi connectivity index (χ3v) is 6.27. The van der Waals surface area contributed by atoms with Crippen molar-refractivity contribution in [3.05, 3.63) is 95.4 Å². The van der Waals surface area contributed by atoms with E-state index >= 15 is 0 Å². The summed E-state index contributed by atoms with van der Waals surface area (Å²) in [4.78, 5) is 30.3. The molecule has 0 atom stereocenters. The first kappa shape index (κ1) is 33.9. The van der Waals surface area contributed by atoms with E-state index in [0.29, 0.717) is 31.1 Å². The molecule has 234 valence electrons. The number of carbonyl (C=O) groups excluding carboxylic acids is 1. The van der Waals surface area contributed by atoms with Gasteiger partial charge in [0.05, 0.1) is 23.7 Å². The number of ether oxygens (including phenoxy) is 1. The van der Waals surface area contributed by atoms with Gasteiger partial charge < -0.3 is 20.1 Å². The molecule has 2 aromatic carbocycles. The van der Waals surface area contributed by atoms with Crippen molar-refractivity contribution in [2.24, 2.45) is 0 Å². The second kappa shape index (κ2) is 16.3. The lowest BCUT2D eigenvalue weighted by Gasteiger charge is -2.22. The zero-order valence-electron chi connectivity index (χ0n) is 24.7. The van der Waals surface area contributed by atoms with E-state index in [0.717, 1.165) is 42.0 Å². The monoisotopic (exact) mass is 612 g/mol. The fraction of sp³-hybridized carbons (Fsp3) is 0.323. The fourth-order valence-electron chi connectivity index (χ4n) is 3.97. The standard InChI is InChI=1S/C29H34N6O2.C2HF3O2/c1-4-16-30-19-24-12-15-27(31-20-24)25-13-10-23(11-14-25)21-34(17-18-37-3)29(36)28-22(2)32-35(33-28)26-8-6-5-7-9-26;3-2(4,5)1(6)7/h5-15,20,30H,4,16-19,21H2,1-3H3;(H,6,7). The molecule has 0 spiro atoms. The van der Waals surface area contributed by atoms with Crippen molar-refractivity contribution in [1.82, 2.24) is 30.2 Å². The Morgan fingerprint density at radius 1 is 1.00 bits per heavy atom. The van der Waals surface area contributed by atoms with Crippen molar-refractivity contribution >= 4 is 11.9 Å². The van der Waals surface area contributed by atoms with Gasteiger partial charge in [0.15, 0.2) is 5.69 Å². The molecular formula is C31H35F3N6O4. The van der Waals surface area contributed by atoms with E-state index < -0.39 is 12.1 Å².